The van der Waals surface area contributed by atoms with Crippen LogP contribution in [-0.2, 0) is 6.18 Å². The Kier molecular flexibility index (Phi) is 1.83. The van der Waals surface area contributed by atoms with Crippen molar-refractivity contribution in [2.45, 2.75) is 6.18 Å². The van der Waals surface area contributed by atoms with Gasteiger partial charge in [0.15, 0.2) is 0 Å². The number of carbonyl (C=O) groups excluding carboxylic acids is 1. The van der Waals surface area contributed by atoms with Gasteiger partial charge in [0.1, 0.15) is 5.69 Å². The summed E-state index contributed by atoms with van der Waals surface area (Å²) in [4.78, 5) is 12.3. The van der Waals surface area contributed by atoms with E-state index >= 15 is 0 Å². The molecule has 1 amide bonds. The zero-order valence-electron chi connectivity index (χ0n) is 5.77. The number of amides is 1. The molecule has 0 saturated heterocycles. The highest BCUT2D eigenvalue weighted by molar-refractivity contribution is 5.92. The molecule has 3 nitrogen and oxygen atoms in total. The van der Waals surface area contributed by atoms with E-state index in [1.165, 1.54) is 0 Å². The maximum Gasteiger partial charge on any atom is 0.431 e. The molecule has 1 rings (SSSR count). The summed E-state index contributed by atoms with van der Waals surface area (Å²) >= 11 is 0. The number of nitrogens with two attached hydrogens (primary N) is 1. The number of hydrogen-bond donors (Lipinski definition) is 2. The van der Waals surface area contributed by atoms with Crippen molar-refractivity contribution < 1.29 is 18.0 Å². The molecule has 0 fully saturated rings. The van der Waals surface area contributed by atoms with E-state index in [2.05, 4.69) is 0 Å². The van der Waals surface area contributed by atoms with Gasteiger partial charge in [-0.15, -0.1) is 0 Å². The summed E-state index contributed by atoms with van der Waals surface area (Å²) in [7, 11) is 0. The van der Waals surface area contributed by atoms with Gasteiger partial charge in [0.25, 0.3) is 0 Å². The lowest BCUT2D eigenvalue weighted by Crippen LogP contribution is -2.09. The first-order chi connectivity index (χ1) is 5.41. The molecule has 1 heterocycles. The number of alkyl halides is 3. The summed E-state index contributed by atoms with van der Waals surface area (Å²) < 4.78 is 35.6. The molecule has 1 aromatic heterocycles. The Bertz CT molecular complexity index is 302. The smallest absolute Gasteiger partial charge is 0.366 e. The predicted molar refractivity (Wildman–Crippen MR) is 34.3 cm³/mol. The molecular weight excluding hydrogens is 173 g/mol. The van der Waals surface area contributed by atoms with E-state index in [1.54, 1.807) is 0 Å². The van der Waals surface area contributed by atoms with Crippen molar-refractivity contribution in [1.82, 2.24) is 4.98 Å². The minimum absolute atomic E-state index is 0.178. The monoisotopic (exact) mass is 178 g/mol. The van der Waals surface area contributed by atoms with Crippen molar-refractivity contribution in [3.8, 4) is 0 Å². The minimum atomic E-state index is -4.46. The number of aromatic nitrogens is 1. The third-order valence-corrected chi connectivity index (χ3v) is 1.27. The molecule has 0 aliphatic carbocycles. The summed E-state index contributed by atoms with van der Waals surface area (Å²) in [6.07, 6.45) is -3.54. The largest absolute Gasteiger partial charge is 0.431 e. The second-order valence-electron chi connectivity index (χ2n) is 2.16. The molecule has 1 aromatic rings. The first kappa shape index (κ1) is 8.63. The highest BCUT2D eigenvalue weighted by Crippen LogP contribution is 2.28. The van der Waals surface area contributed by atoms with Gasteiger partial charge in [-0.3, -0.25) is 4.79 Å². The van der Waals surface area contributed by atoms with Crippen molar-refractivity contribution in [2.24, 2.45) is 5.73 Å². The van der Waals surface area contributed by atoms with Crippen LogP contribution in [0.5, 0.6) is 0 Å². The van der Waals surface area contributed by atoms with E-state index in [0.29, 0.717) is 6.07 Å². The summed E-state index contributed by atoms with van der Waals surface area (Å²) in [5, 5.41) is 0. The topological polar surface area (TPSA) is 58.9 Å². The van der Waals surface area contributed by atoms with Crippen LogP contribution in [0.1, 0.15) is 16.1 Å². The maximum absolute atomic E-state index is 11.9. The molecule has 0 saturated carbocycles. The molecule has 0 aliphatic rings. The van der Waals surface area contributed by atoms with Crippen molar-refractivity contribution in [2.75, 3.05) is 0 Å². The molecule has 0 aliphatic heterocycles. The van der Waals surface area contributed by atoms with Gasteiger partial charge in [-0.2, -0.15) is 13.2 Å². The van der Waals surface area contributed by atoms with Crippen LogP contribution >= 0.6 is 0 Å². The minimum Gasteiger partial charge on any atom is -0.366 e. The Morgan fingerprint density at radius 1 is 1.50 bits per heavy atom. The number of rotatable bonds is 1. The number of carbonyl (C=O) groups is 1. The lowest BCUT2D eigenvalue weighted by molar-refractivity contribution is -0.140. The van der Waals surface area contributed by atoms with E-state index < -0.39 is 17.8 Å². The molecule has 0 radical (unpaired) electrons. The molecule has 0 aromatic carbocycles. The van der Waals surface area contributed by atoms with E-state index in [1.807, 2.05) is 4.98 Å². The highest BCUT2D eigenvalue weighted by atomic mass is 19.4. The van der Waals surface area contributed by atoms with Crippen LogP contribution in [0.2, 0.25) is 0 Å². The summed E-state index contributed by atoms with van der Waals surface area (Å²) in [6, 6.07) is 0.669. The fourth-order valence-corrected chi connectivity index (χ4v) is 0.700. The number of primary amides is 1. The molecule has 0 spiro atoms. The maximum atomic E-state index is 11.9. The van der Waals surface area contributed by atoms with Crippen LogP contribution in [0.25, 0.3) is 0 Å². The van der Waals surface area contributed by atoms with Gasteiger partial charge in [0.2, 0.25) is 5.91 Å². The van der Waals surface area contributed by atoms with Crippen molar-refractivity contribution >= 4 is 5.91 Å². The van der Waals surface area contributed by atoms with Crippen LogP contribution in [0.3, 0.4) is 0 Å². The zero-order valence-corrected chi connectivity index (χ0v) is 5.77. The molecule has 12 heavy (non-hydrogen) atoms. The van der Waals surface area contributed by atoms with Crippen LogP contribution in [0.15, 0.2) is 12.3 Å². The number of halogens is 3. The number of nitrogens with one attached hydrogen (secondary N) is 1. The number of aromatic amines is 1. The second-order valence-corrected chi connectivity index (χ2v) is 2.16. The lowest BCUT2D eigenvalue weighted by Gasteiger charge is -2.00. The van der Waals surface area contributed by atoms with Gasteiger partial charge < -0.3 is 10.7 Å². The Labute approximate surface area is 65.4 Å². The average molecular weight is 178 g/mol. The second kappa shape index (κ2) is 2.54. The normalized spacial score (nSPS) is 11.6. The standard InChI is InChI=1S/C6H5F3N2O/c7-6(8,9)4-1-3(2-11-4)5(10)12/h1-2,11H,(H2,10,12). The molecule has 0 atom stereocenters. The van der Waals surface area contributed by atoms with Gasteiger partial charge in [-0.25, -0.2) is 0 Å². The van der Waals surface area contributed by atoms with Gasteiger partial charge in [-0.1, -0.05) is 0 Å². The molecule has 6 heteroatoms. The van der Waals surface area contributed by atoms with Gasteiger partial charge in [0, 0.05) is 6.20 Å². The Morgan fingerprint density at radius 2 is 2.08 bits per heavy atom. The fourth-order valence-electron chi connectivity index (χ4n) is 0.700. The van der Waals surface area contributed by atoms with Crippen molar-refractivity contribution in [1.29, 1.82) is 0 Å². The number of H-pyrrole nitrogens is 1. The van der Waals surface area contributed by atoms with E-state index in [9.17, 15) is 18.0 Å². The number of hydrogen-bond acceptors (Lipinski definition) is 1. The Hall–Kier alpha value is -1.46. The first-order valence-corrected chi connectivity index (χ1v) is 2.96. The first-order valence-electron chi connectivity index (χ1n) is 2.96. The molecule has 0 bridgehead atoms. The zero-order chi connectivity index (χ0) is 9.35. The van der Waals surface area contributed by atoms with E-state index in [-0.39, 0.29) is 5.56 Å². The Balaban J connectivity index is 3.00. The van der Waals surface area contributed by atoms with Gasteiger partial charge in [0.05, 0.1) is 5.56 Å². The molecule has 3 N–H and O–H groups in total. The Morgan fingerprint density at radius 3 is 2.33 bits per heavy atom. The van der Waals surface area contributed by atoms with Crippen LogP contribution in [0.4, 0.5) is 13.2 Å². The average Bonchev–Trinajstić information content (AvgIpc) is 2.30. The third kappa shape index (κ3) is 1.58. The SMILES string of the molecule is NC(=O)c1c[nH]c(C(F)(F)F)c1. The third-order valence-electron chi connectivity index (χ3n) is 1.27. The summed E-state index contributed by atoms with van der Waals surface area (Å²) in [6.45, 7) is 0. The van der Waals surface area contributed by atoms with Gasteiger partial charge in [-0.05, 0) is 6.07 Å². The van der Waals surface area contributed by atoms with E-state index in [4.69, 9.17) is 5.73 Å². The molecule has 66 valence electrons. The molecule has 0 unspecified atom stereocenters. The van der Waals surface area contributed by atoms with Crippen molar-refractivity contribution in [3.63, 3.8) is 0 Å². The quantitative estimate of drug-likeness (QED) is 0.665. The summed E-state index contributed by atoms with van der Waals surface area (Å²) in [5.41, 5.74) is 3.59. The molecular formula is C6H5F3N2O. The lowest BCUT2D eigenvalue weighted by atomic mass is 10.3. The highest BCUT2D eigenvalue weighted by Gasteiger charge is 2.32. The predicted octanol–water partition coefficient (Wildman–Crippen LogP) is 1.13. The van der Waals surface area contributed by atoms with Gasteiger partial charge >= 0.3 is 6.18 Å². The van der Waals surface area contributed by atoms with E-state index in [0.717, 1.165) is 6.20 Å². The van der Waals surface area contributed by atoms with Crippen molar-refractivity contribution in [3.05, 3.63) is 23.5 Å². The van der Waals surface area contributed by atoms with Crippen LogP contribution in [0, 0.1) is 0 Å². The van der Waals surface area contributed by atoms with Crippen LogP contribution < -0.4 is 5.73 Å². The fraction of sp³-hybridized carbons (Fsp3) is 0.167. The van der Waals surface area contributed by atoms with Crippen LogP contribution in [-0.4, -0.2) is 10.9 Å². The summed E-state index contributed by atoms with van der Waals surface area (Å²) in [5.74, 6) is -0.887.